The number of carbonyl (C=O) groups excluding carboxylic acids is 1. The summed E-state index contributed by atoms with van der Waals surface area (Å²) in [5.74, 6) is 1.45. The number of fused-ring (bicyclic) bond motifs is 2. The highest BCUT2D eigenvalue weighted by atomic mass is 16.5. The number of anilines is 2. The first kappa shape index (κ1) is 21.6. The Morgan fingerprint density at radius 1 is 0.882 bits per heavy atom. The van der Waals surface area contributed by atoms with Crippen molar-refractivity contribution in [3.8, 4) is 22.9 Å². The Hall–Kier alpha value is -4.20. The van der Waals surface area contributed by atoms with E-state index in [-0.39, 0.29) is 5.91 Å². The maximum Gasteiger partial charge on any atom is 0.258 e. The third-order valence-corrected chi connectivity index (χ3v) is 6.12. The number of aryl methyl sites for hydroxylation is 2. The van der Waals surface area contributed by atoms with E-state index in [0.29, 0.717) is 22.9 Å². The zero-order valence-electron chi connectivity index (χ0n) is 19.3. The molecule has 3 aromatic carbocycles. The van der Waals surface area contributed by atoms with Crippen LogP contribution < -0.4 is 14.4 Å². The van der Waals surface area contributed by atoms with Crippen molar-refractivity contribution in [1.82, 2.24) is 20.2 Å². The summed E-state index contributed by atoms with van der Waals surface area (Å²) in [6, 6.07) is 20.8. The summed E-state index contributed by atoms with van der Waals surface area (Å²) in [5.41, 5.74) is 4.77. The van der Waals surface area contributed by atoms with Gasteiger partial charge in [0.25, 0.3) is 5.91 Å². The molecule has 1 atom stereocenters. The molecule has 1 aromatic heterocycles. The maximum atomic E-state index is 13.9. The van der Waals surface area contributed by atoms with Gasteiger partial charge in [0.15, 0.2) is 11.5 Å². The van der Waals surface area contributed by atoms with Gasteiger partial charge in [0.2, 0.25) is 5.82 Å². The van der Waals surface area contributed by atoms with Crippen molar-refractivity contribution in [1.29, 1.82) is 0 Å². The molecule has 4 aromatic rings. The molecule has 8 heteroatoms. The van der Waals surface area contributed by atoms with Crippen LogP contribution in [0.2, 0.25) is 0 Å². The molecule has 0 spiro atoms. The van der Waals surface area contributed by atoms with E-state index in [1.165, 1.54) is 4.80 Å². The number of aromatic nitrogens is 4. The third-order valence-electron chi connectivity index (χ3n) is 6.12. The van der Waals surface area contributed by atoms with E-state index in [2.05, 4.69) is 27.5 Å². The molecule has 0 bridgehead atoms. The molecular weight excluding hydrogens is 430 g/mol. The smallest absolute Gasteiger partial charge is 0.258 e. The second-order valence-electron chi connectivity index (χ2n) is 8.11. The highest BCUT2D eigenvalue weighted by molar-refractivity contribution is 6.04. The van der Waals surface area contributed by atoms with Gasteiger partial charge in [-0.1, -0.05) is 36.4 Å². The van der Waals surface area contributed by atoms with E-state index in [4.69, 9.17) is 9.47 Å². The summed E-state index contributed by atoms with van der Waals surface area (Å²) in [6.45, 7) is 1.79. The van der Waals surface area contributed by atoms with Crippen molar-refractivity contribution < 1.29 is 14.3 Å². The van der Waals surface area contributed by atoms with Crippen LogP contribution in [0, 0.1) is 0 Å². The molecule has 0 saturated heterocycles. The monoisotopic (exact) mass is 455 g/mol. The highest BCUT2D eigenvalue weighted by Gasteiger charge is 2.31. The van der Waals surface area contributed by atoms with E-state index in [9.17, 15) is 4.79 Å². The predicted octanol–water partition coefficient (Wildman–Crippen LogP) is 4.38. The van der Waals surface area contributed by atoms with Gasteiger partial charge in [0.05, 0.1) is 25.6 Å². The number of methoxy groups -OCH3 is 2. The molecule has 8 nitrogen and oxygen atoms in total. The first-order chi connectivity index (χ1) is 16.6. The fourth-order valence-electron chi connectivity index (χ4n) is 4.28. The normalized spacial score (nSPS) is 13.4. The third kappa shape index (κ3) is 3.77. The summed E-state index contributed by atoms with van der Waals surface area (Å²) in [7, 11) is 3.15. The number of benzene rings is 3. The number of para-hydroxylation sites is 2. The quantitative estimate of drug-likeness (QED) is 0.444. The van der Waals surface area contributed by atoms with Gasteiger partial charge < -0.3 is 9.47 Å². The molecule has 5 rings (SSSR count). The molecular formula is C26H25N5O3. The van der Waals surface area contributed by atoms with E-state index in [1.807, 2.05) is 42.5 Å². The van der Waals surface area contributed by atoms with Crippen molar-refractivity contribution in [2.75, 3.05) is 19.1 Å². The number of nitrogens with zero attached hydrogens (tertiary/aromatic N) is 5. The SMILES string of the molecule is COc1ccc(-c2nnn([C@@H](C)C(=O)N3c4ccccc4CCc4ccccc43)n2)cc1OC. The van der Waals surface area contributed by atoms with E-state index >= 15 is 0 Å². The molecule has 0 saturated carbocycles. The van der Waals surface area contributed by atoms with Crippen LogP contribution in [0.3, 0.4) is 0 Å². The Kier molecular flexibility index (Phi) is 5.71. The van der Waals surface area contributed by atoms with Gasteiger partial charge in [0, 0.05) is 5.56 Å². The number of hydrogen-bond acceptors (Lipinski definition) is 6. The van der Waals surface area contributed by atoms with Crippen molar-refractivity contribution in [2.45, 2.75) is 25.8 Å². The van der Waals surface area contributed by atoms with Crippen molar-refractivity contribution >= 4 is 17.3 Å². The molecule has 1 aliphatic rings. The zero-order valence-corrected chi connectivity index (χ0v) is 19.3. The van der Waals surface area contributed by atoms with Crippen LogP contribution in [0.15, 0.2) is 66.7 Å². The van der Waals surface area contributed by atoms with Gasteiger partial charge in [-0.2, -0.15) is 4.80 Å². The summed E-state index contributed by atoms with van der Waals surface area (Å²) in [4.78, 5) is 17.0. The number of rotatable bonds is 5. The lowest BCUT2D eigenvalue weighted by Crippen LogP contribution is -2.34. The van der Waals surface area contributed by atoms with Crippen LogP contribution in [-0.4, -0.2) is 40.3 Å². The molecule has 0 N–H and O–H groups in total. The summed E-state index contributed by atoms with van der Waals surface area (Å²) < 4.78 is 10.7. The summed E-state index contributed by atoms with van der Waals surface area (Å²) in [6.07, 6.45) is 1.74. The summed E-state index contributed by atoms with van der Waals surface area (Å²) >= 11 is 0. The Bertz CT molecular complexity index is 1300. The van der Waals surface area contributed by atoms with Crippen molar-refractivity contribution in [3.63, 3.8) is 0 Å². The van der Waals surface area contributed by atoms with Crippen LogP contribution in [-0.2, 0) is 17.6 Å². The molecule has 0 aliphatic carbocycles. The van der Waals surface area contributed by atoms with Crippen LogP contribution in [0.1, 0.15) is 24.1 Å². The van der Waals surface area contributed by atoms with Crippen molar-refractivity contribution in [2.24, 2.45) is 0 Å². The molecule has 0 radical (unpaired) electrons. The number of amides is 1. The van der Waals surface area contributed by atoms with Crippen LogP contribution >= 0.6 is 0 Å². The first-order valence-electron chi connectivity index (χ1n) is 11.1. The van der Waals surface area contributed by atoms with Gasteiger partial charge in [-0.25, -0.2) is 0 Å². The molecule has 2 heterocycles. The van der Waals surface area contributed by atoms with Gasteiger partial charge >= 0.3 is 0 Å². The Labute approximate surface area is 197 Å². The molecule has 1 amide bonds. The first-order valence-corrected chi connectivity index (χ1v) is 11.1. The topological polar surface area (TPSA) is 82.4 Å². The maximum absolute atomic E-state index is 13.9. The van der Waals surface area contributed by atoms with E-state index < -0.39 is 6.04 Å². The van der Waals surface area contributed by atoms with Crippen LogP contribution in [0.25, 0.3) is 11.4 Å². The minimum atomic E-state index is -0.666. The Morgan fingerprint density at radius 2 is 1.50 bits per heavy atom. The minimum Gasteiger partial charge on any atom is -0.493 e. The van der Waals surface area contributed by atoms with Crippen molar-refractivity contribution in [3.05, 3.63) is 77.9 Å². The zero-order chi connectivity index (χ0) is 23.7. The van der Waals surface area contributed by atoms with Gasteiger partial charge in [-0.15, -0.1) is 10.2 Å². The largest absolute Gasteiger partial charge is 0.493 e. The number of ether oxygens (including phenoxy) is 2. The summed E-state index contributed by atoms with van der Waals surface area (Å²) in [5, 5.41) is 12.9. The standard InChI is InChI=1S/C26H25N5O3/c1-17(31-28-25(27-29-31)20-14-15-23(33-2)24(16-20)34-3)26(32)30-21-10-6-4-8-18(21)12-13-19-9-5-7-11-22(19)30/h4-11,14-17H,12-13H2,1-3H3/t17-/m0/s1. The fraction of sp³-hybridized carbons (Fsp3) is 0.231. The lowest BCUT2D eigenvalue weighted by atomic mass is 10.0. The number of carbonyl (C=O) groups is 1. The Morgan fingerprint density at radius 3 is 2.12 bits per heavy atom. The molecule has 34 heavy (non-hydrogen) atoms. The lowest BCUT2D eigenvalue weighted by Gasteiger charge is -2.27. The minimum absolute atomic E-state index is 0.127. The Balaban J connectivity index is 1.50. The van der Waals surface area contributed by atoms with E-state index in [1.54, 1.807) is 38.2 Å². The predicted molar refractivity (Wildman–Crippen MR) is 129 cm³/mol. The fourth-order valence-corrected chi connectivity index (χ4v) is 4.28. The number of hydrogen-bond donors (Lipinski definition) is 0. The highest BCUT2D eigenvalue weighted by Crippen LogP contribution is 2.37. The van der Waals surface area contributed by atoms with E-state index in [0.717, 1.165) is 35.3 Å². The second-order valence-corrected chi connectivity index (χ2v) is 8.11. The van der Waals surface area contributed by atoms with Crippen LogP contribution in [0.5, 0.6) is 11.5 Å². The van der Waals surface area contributed by atoms with Gasteiger partial charge in [0.1, 0.15) is 6.04 Å². The van der Waals surface area contributed by atoms with Gasteiger partial charge in [-0.05, 0) is 66.4 Å². The number of tetrazole rings is 1. The molecule has 1 aliphatic heterocycles. The molecule has 0 fully saturated rings. The molecule has 0 unspecified atom stereocenters. The average Bonchev–Trinajstić information content (AvgIpc) is 3.31. The van der Waals surface area contributed by atoms with Gasteiger partial charge in [-0.3, -0.25) is 9.69 Å². The average molecular weight is 456 g/mol. The molecule has 172 valence electrons. The second kappa shape index (κ2) is 8.97. The lowest BCUT2D eigenvalue weighted by molar-refractivity contribution is -0.121. The van der Waals surface area contributed by atoms with Crippen LogP contribution in [0.4, 0.5) is 11.4 Å².